The zero-order chi connectivity index (χ0) is 10.8. The number of amides is 2. The van der Waals surface area contributed by atoms with Crippen LogP contribution in [0.25, 0.3) is 0 Å². The van der Waals surface area contributed by atoms with Crippen molar-refractivity contribution in [3.8, 4) is 0 Å². The van der Waals surface area contributed by atoms with E-state index >= 15 is 0 Å². The van der Waals surface area contributed by atoms with Crippen LogP contribution in [0.1, 0.15) is 20.3 Å². The lowest BCUT2D eigenvalue weighted by Gasteiger charge is -2.19. The molecule has 4 heteroatoms. The predicted molar refractivity (Wildman–Crippen MR) is 57.7 cm³/mol. The normalized spacial score (nSPS) is 35.9. The number of hydrogen-bond donors (Lipinski definition) is 1. The molecule has 0 bridgehead atoms. The molecular formula is C11H20N2O2. The van der Waals surface area contributed by atoms with Gasteiger partial charge in [-0.1, -0.05) is 13.8 Å². The Kier molecular flexibility index (Phi) is 3.14. The molecule has 1 N–H and O–H groups in total. The highest BCUT2D eigenvalue weighted by Gasteiger charge is 2.30. The molecule has 2 rings (SSSR count). The number of rotatable bonds is 1. The van der Waals surface area contributed by atoms with Gasteiger partial charge in [-0.25, -0.2) is 4.79 Å². The zero-order valence-corrected chi connectivity index (χ0v) is 9.53. The van der Waals surface area contributed by atoms with Gasteiger partial charge in [0.05, 0.1) is 12.6 Å². The third-order valence-corrected chi connectivity index (χ3v) is 3.53. The number of likely N-dealkylation sites (tertiary alicyclic amines) is 1. The van der Waals surface area contributed by atoms with Crippen LogP contribution in [-0.4, -0.2) is 43.3 Å². The fourth-order valence-corrected chi connectivity index (χ4v) is 2.21. The molecule has 15 heavy (non-hydrogen) atoms. The molecule has 2 aliphatic heterocycles. The van der Waals surface area contributed by atoms with Crippen LogP contribution in [0.4, 0.5) is 4.79 Å². The highest BCUT2D eigenvalue weighted by molar-refractivity contribution is 5.74. The average Bonchev–Trinajstić information content (AvgIpc) is 2.78. The van der Waals surface area contributed by atoms with E-state index < -0.39 is 0 Å². The summed E-state index contributed by atoms with van der Waals surface area (Å²) < 4.78 is 5.23. The summed E-state index contributed by atoms with van der Waals surface area (Å²) >= 11 is 0. The summed E-state index contributed by atoms with van der Waals surface area (Å²) in [4.78, 5) is 13.8. The number of ether oxygens (including phenoxy) is 1. The topological polar surface area (TPSA) is 41.6 Å². The standard InChI is InChI=1S/C11H20N2O2/c1-8-5-13(6-9(8)2)11(14)12-10-3-4-15-7-10/h8-10H,3-7H2,1-2H3,(H,12,14). The van der Waals surface area contributed by atoms with Gasteiger partial charge < -0.3 is 15.0 Å². The SMILES string of the molecule is CC1CN(C(=O)NC2CCOC2)CC1C. The first-order valence-corrected chi connectivity index (χ1v) is 5.80. The molecule has 0 aromatic carbocycles. The molecule has 0 saturated carbocycles. The minimum absolute atomic E-state index is 0.0849. The number of carbonyl (C=O) groups is 1. The highest BCUT2D eigenvalue weighted by atomic mass is 16.5. The molecule has 0 aliphatic carbocycles. The fraction of sp³-hybridized carbons (Fsp3) is 0.909. The summed E-state index contributed by atoms with van der Waals surface area (Å²) in [7, 11) is 0. The average molecular weight is 212 g/mol. The van der Waals surface area contributed by atoms with Crippen molar-refractivity contribution in [3.63, 3.8) is 0 Å². The molecule has 0 aromatic heterocycles. The van der Waals surface area contributed by atoms with Crippen molar-refractivity contribution >= 4 is 6.03 Å². The number of nitrogens with one attached hydrogen (secondary N) is 1. The first-order valence-electron chi connectivity index (χ1n) is 5.80. The summed E-state index contributed by atoms with van der Waals surface area (Å²) in [5.74, 6) is 1.24. The van der Waals surface area contributed by atoms with Crippen LogP contribution in [0, 0.1) is 11.8 Å². The van der Waals surface area contributed by atoms with E-state index in [4.69, 9.17) is 4.74 Å². The van der Waals surface area contributed by atoms with E-state index in [1.807, 2.05) is 4.90 Å². The lowest BCUT2D eigenvalue weighted by atomic mass is 10.0. The molecule has 0 aromatic rings. The van der Waals surface area contributed by atoms with Gasteiger partial charge in [0.25, 0.3) is 0 Å². The fourth-order valence-electron chi connectivity index (χ4n) is 2.21. The lowest BCUT2D eigenvalue weighted by molar-refractivity contribution is 0.181. The van der Waals surface area contributed by atoms with Gasteiger partial charge >= 0.3 is 6.03 Å². The summed E-state index contributed by atoms with van der Waals surface area (Å²) in [5, 5.41) is 3.02. The number of urea groups is 1. The van der Waals surface area contributed by atoms with Crippen LogP contribution in [0.3, 0.4) is 0 Å². The molecule has 3 atom stereocenters. The molecule has 2 saturated heterocycles. The predicted octanol–water partition coefficient (Wildman–Crippen LogP) is 1.07. The van der Waals surface area contributed by atoms with Gasteiger partial charge in [-0.15, -0.1) is 0 Å². The molecule has 2 fully saturated rings. The van der Waals surface area contributed by atoms with Crippen LogP contribution < -0.4 is 5.32 Å². The van der Waals surface area contributed by atoms with Crippen LogP contribution in [0.2, 0.25) is 0 Å². The smallest absolute Gasteiger partial charge is 0.317 e. The summed E-state index contributed by atoms with van der Waals surface area (Å²) in [6, 6.07) is 0.311. The molecule has 86 valence electrons. The first kappa shape index (κ1) is 10.7. The molecule has 4 nitrogen and oxygen atoms in total. The van der Waals surface area contributed by atoms with Crippen molar-refractivity contribution in [2.45, 2.75) is 26.3 Å². The first-order chi connectivity index (χ1) is 7.16. The maximum atomic E-state index is 11.9. The van der Waals surface area contributed by atoms with Gasteiger partial charge in [-0.05, 0) is 18.3 Å². The van der Waals surface area contributed by atoms with Crippen molar-refractivity contribution in [3.05, 3.63) is 0 Å². The van der Waals surface area contributed by atoms with E-state index in [1.165, 1.54) is 0 Å². The number of nitrogens with zero attached hydrogens (tertiary/aromatic N) is 1. The van der Waals surface area contributed by atoms with Gasteiger partial charge in [0.2, 0.25) is 0 Å². The maximum absolute atomic E-state index is 11.9. The second-order valence-electron chi connectivity index (χ2n) is 4.87. The Morgan fingerprint density at radius 1 is 1.33 bits per heavy atom. The van der Waals surface area contributed by atoms with Crippen molar-refractivity contribution in [2.24, 2.45) is 11.8 Å². The largest absolute Gasteiger partial charge is 0.379 e. The van der Waals surface area contributed by atoms with Crippen molar-refractivity contribution in [1.82, 2.24) is 10.2 Å². The van der Waals surface area contributed by atoms with E-state index in [9.17, 15) is 4.79 Å². The zero-order valence-electron chi connectivity index (χ0n) is 9.53. The molecule has 2 aliphatic rings. The monoisotopic (exact) mass is 212 g/mol. The van der Waals surface area contributed by atoms with Gasteiger partial charge in [-0.2, -0.15) is 0 Å². The van der Waals surface area contributed by atoms with Gasteiger partial charge in [0.1, 0.15) is 0 Å². The Bertz CT molecular complexity index is 229. The number of hydrogen-bond acceptors (Lipinski definition) is 2. The highest BCUT2D eigenvalue weighted by Crippen LogP contribution is 2.22. The summed E-state index contributed by atoms with van der Waals surface area (Å²) in [6.07, 6.45) is 0.949. The number of carbonyl (C=O) groups excluding carboxylic acids is 1. The Labute approximate surface area is 91.0 Å². The van der Waals surface area contributed by atoms with Crippen molar-refractivity contribution in [2.75, 3.05) is 26.3 Å². The second-order valence-corrected chi connectivity index (χ2v) is 4.87. The molecule has 2 heterocycles. The van der Waals surface area contributed by atoms with Gasteiger partial charge in [0, 0.05) is 19.7 Å². The van der Waals surface area contributed by atoms with Gasteiger partial charge in [0.15, 0.2) is 0 Å². The molecule has 0 spiro atoms. The van der Waals surface area contributed by atoms with E-state index in [2.05, 4.69) is 19.2 Å². The van der Waals surface area contributed by atoms with E-state index in [-0.39, 0.29) is 12.1 Å². The lowest BCUT2D eigenvalue weighted by Crippen LogP contribution is -2.44. The minimum atomic E-state index is 0.0849. The Morgan fingerprint density at radius 2 is 2.00 bits per heavy atom. The molecule has 2 amide bonds. The molecule has 0 radical (unpaired) electrons. The van der Waals surface area contributed by atoms with E-state index in [0.29, 0.717) is 18.4 Å². The quantitative estimate of drug-likeness (QED) is 0.706. The summed E-state index contributed by atoms with van der Waals surface area (Å²) in [5.41, 5.74) is 0. The molecule has 3 unspecified atom stereocenters. The van der Waals surface area contributed by atoms with Crippen LogP contribution >= 0.6 is 0 Å². The summed E-state index contributed by atoms with van der Waals surface area (Å²) in [6.45, 7) is 7.64. The van der Waals surface area contributed by atoms with Crippen LogP contribution in [0.5, 0.6) is 0 Å². The third kappa shape index (κ3) is 2.43. The maximum Gasteiger partial charge on any atom is 0.317 e. The van der Waals surface area contributed by atoms with Crippen molar-refractivity contribution < 1.29 is 9.53 Å². The Morgan fingerprint density at radius 3 is 2.53 bits per heavy atom. The molecular weight excluding hydrogens is 192 g/mol. The Hall–Kier alpha value is -0.770. The minimum Gasteiger partial charge on any atom is -0.379 e. The van der Waals surface area contributed by atoms with Gasteiger partial charge in [-0.3, -0.25) is 0 Å². The second kappa shape index (κ2) is 4.39. The Balaban J connectivity index is 1.81. The third-order valence-electron chi connectivity index (χ3n) is 3.53. The van der Waals surface area contributed by atoms with Crippen LogP contribution in [-0.2, 0) is 4.74 Å². The van der Waals surface area contributed by atoms with E-state index in [1.54, 1.807) is 0 Å². The van der Waals surface area contributed by atoms with Crippen molar-refractivity contribution in [1.29, 1.82) is 0 Å². The van der Waals surface area contributed by atoms with Crippen LogP contribution in [0.15, 0.2) is 0 Å². The van der Waals surface area contributed by atoms with E-state index in [0.717, 1.165) is 26.1 Å².